The molecule has 0 saturated carbocycles. The molecule has 0 fully saturated rings. The molecule has 0 amide bonds. The minimum absolute atomic E-state index is 0.259. The molecule has 0 aliphatic carbocycles. The van der Waals surface area contributed by atoms with Crippen molar-refractivity contribution in [2.24, 2.45) is 0 Å². The average molecular weight is 329 g/mol. The summed E-state index contributed by atoms with van der Waals surface area (Å²) in [5.41, 5.74) is 2.57. The van der Waals surface area contributed by atoms with Crippen molar-refractivity contribution >= 4 is 28.8 Å². The molecule has 7 heteroatoms. The number of rotatable bonds is 5. The van der Waals surface area contributed by atoms with Crippen LogP contribution in [0.1, 0.15) is 0 Å². The Hall–Kier alpha value is -2.54. The molecular weight excluding hydrogens is 314 g/mol. The van der Waals surface area contributed by atoms with E-state index in [0.29, 0.717) is 5.75 Å². The first-order chi connectivity index (χ1) is 11.2. The highest BCUT2D eigenvalue weighted by Gasteiger charge is 2.12. The maximum atomic E-state index is 11.2. The van der Waals surface area contributed by atoms with E-state index in [9.17, 15) is 4.79 Å². The zero-order valence-electron chi connectivity index (χ0n) is 12.7. The number of carbonyl (C=O) groups excluding carboxylic acids is 1. The number of imidazole rings is 1. The van der Waals surface area contributed by atoms with Crippen LogP contribution in [0.5, 0.6) is 5.75 Å². The summed E-state index contributed by atoms with van der Waals surface area (Å²) >= 11 is 1.40. The summed E-state index contributed by atoms with van der Waals surface area (Å²) in [6.45, 7) is 0. The molecule has 1 aromatic carbocycles. The second kappa shape index (κ2) is 6.70. The summed E-state index contributed by atoms with van der Waals surface area (Å²) in [4.78, 5) is 24.0. The largest absolute Gasteiger partial charge is 0.496 e. The number of aromatic amines is 1. The molecule has 0 radical (unpaired) electrons. The molecule has 0 atom stereocenters. The van der Waals surface area contributed by atoms with E-state index in [1.54, 1.807) is 19.5 Å². The van der Waals surface area contributed by atoms with Gasteiger partial charge in [0.1, 0.15) is 11.6 Å². The van der Waals surface area contributed by atoms with Gasteiger partial charge < -0.3 is 14.5 Å². The van der Waals surface area contributed by atoms with Crippen molar-refractivity contribution in [3.8, 4) is 17.1 Å². The van der Waals surface area contributed by atoms with Gasteiger partial charge in [-0.2, -0.15) is 0 Å². The molecule has 0 spiro atoms. The lowest BCUT2D eigenvalue weighted by atomic mass is 10.2. The fourth-order valence-electron chi connectivity index (χ4n) is 2.14. The SMILES string of the molecule is COC(=O)CSc1ccc(-c2nc3ccncc3[nH]2)c(OC)c1. The number of methoxy groups -OCH3 is 2. The van der Waals surface area contributed by atoms with Gasteiger partial charge in [-0.1, -0.05) is 0 Å². The molecule has 118 valence electrons. The maximum Gasteiger partial charge on any atom is 0.315 e. The fraction of sp³-hybridized carbons (Fsp3) is 0.188. The van der Waals surface area contributed by atoms with Crippen LogP contribution in [0, 0.1) is 0 Å². The molecule has 3 aromatic rings. The van der Waals surface area contributed by atoms with E-state index in [1.807, 2.05) is 24.3 Å². The number of ether oxygens (including phenoxy) is 2. The Morgan fingerprint density at radius 1 is 1.30 bits per heavy atom. The third kappa shape index (κ3) is 3.29. The standard InChI is InChI=1S/C16H15N3O3S/c1-21-14-7-10(23-9-15(20)22-2)3-4-11(14)16-18-12-5-6-17-8-13(12)19-16/h3-8H,9H2,1-2H3,(H,18,19). The van der Waals surface area contributed by atoms with Crippen LogP contribution >= 0.6 is 11.8 Å². The van der Waals surface area contributed by atoms with Gasteiger partial charge in [0.15, 0.2) is 0 Å². The highest BCUT2D eigenvalue weighted by Crippen LogP contribution is 2.33. The normalized spacial score (nSPS) is 10.7. The van der Waals surface area contributed by atoms with Crippen molar-refractivity contribution in [1.82, 2.24) is 15.0 Å². The molecule has 0 aliphatic rings. The number of aromatic nitrogens is 3. The second-order valence-corrected chi connectivity index (χ2v) is 5.75. The molecule has 23 heavy (non-hydrogen) atoms. The zero-order valence-corrected chi connectivity index (χ0v) is 13.5. The van der Waals surface area contributed by atoms with Crippen molar-refractivity contribution in [3.63, 3.8) is 0 Å². The van der Waals surface area contributed by atoms with E-state index in [1.165, 1.54) is 18.9 Å². The summed E-state index contributed by atoms with van der Waals surface area (Å²) < 4.78 is 10.1. The molecule has 3 rings (SSSR count). The molecule has 2 heterocycles. The second-order valence-electron chi connectivity index (χ2n) is 4.71. The molecular formula is C16H15N3O3S. The van der Waals surface area contributed by atoms with Crippen LogP contribution in [-0.2, 0) is 9.53 Å². The first-order valence-electron chi connectivity index (χ1n) is 6.89. The number of thioether (sulfide) groups is 1. The van der Waals surface area contributed by atoms with Gasteiger partial charge in [0.05, 0.1) is 42.8 Å². The van der Waals surface area contributed by atoms with Crippen molar-refractivity contribution in [3.05, 3.63) is 36.7 Å². The predicted molar refractivity (Wildman–Crippen MR) is 88.6 cm³/mol. The van der Waals surface area contributed by atoms with Gasteiger partial charge in [-0.25, -0.2) is 4.98 Å². The zero-order chi connectivity index (χ0) is 16.2. The van der Waals surface area contributed by atoms with Gasteiger partial charge in [0, 0.05) is 11.1 Å². The number of esters is 1. The van der Waals surface area contributed by atoms with Crippen molar-refractivity contribution in [1.29, 1.82) is 0 Å². The summed E-state index contributed by atoms with van der Waals surface area (Å²) in [6.07, 6.45) is 3.44. The molecule has 0 aliphatic heterocycles. The Balaban J connectivity index is 1.91. The van der Waals surface area contributed by atoms with E-state index < -0.39 is 0 Å². The van der Waals surface area contributed by atoms with Crippen LogP contribution in [0.25, 0.3) is 22.4 Å². The summed E-state index contributed by atoms with van der Waals surface area (Å²) in [5.74, 6) is 1.40. The van der Waals surface area contributed by atoms with E-state index in [4.69, 9.17) is 4.74 Å². The van der Waals surface area contributed by atoms with Crippen molar-refractivity contribution in [2.75, 3.05) is 20.0 Å². The van der Waals surface area contributed by atoms with Crippen LogP contribution in [0.4, 0.5) is 0 Å². The van der Waals surface area contributed by atoms with Gasteiger partial charge in [-0.05, 0) is 24.3 Å². The van der Waals surface area contributed by atoms with Gasteiger partial charge in [0.25, 0.3) is 0 Å². The smallest absolute Gasteiger partial charge is 0.315 e. The van der Waals surface area contributed by atoms with Gasteiger partial charge in [-0.3, -0.25) is 9.78 Å². The first kappa shape index (κ1) is 15.4. The van der Waals surface area contributed by atoms with Crippen LogP contribution < -0.4 is 4.74 Å². The van der Waals surface area contributed by atoms with Gasteiger partial charge in [0.2, 0.25) is 0 Å². The Bertz CT molecular complexity index is 814. The number of fused-ring (bicyclic) bond motifs is 1. The van der Waals surface area contributed by atoms with Crippen molar-refractivity contribution in [2.45, 2.75) is 4.90 Å². The minimum atomic E-state index is -0.261. The maximum absolute atomic E-state index is 11.2. The number of H-pyrrole nitrogens is 1. The lowest BCUT2D eigenvalue weighted by Crippen LogP contribution is -2.02. The molecule has 0 bridgehead atoms. The number of hydrogen-bond donors (Lipinski definition) is 1. The van der Waals surface area contributed by atoms with Crippen LogP contribution in [-0.4, -0.2) is 40.9 Å². The van der Waals surface area contributed by atoms with Gasteiger partial charge >= 0.3 is 5.97 Å². The number of nitrogens with zero attached hydrogens (tertiary/aromatic N) is 2. The van der Waals surface area contributed by atoms with Crippen LogP contribution in [0.2, 0.25) is 0 Å². The Labute approximate surface area is 137 Å². The van der Waals surface area contributed by atoms with E-state index in [-0.39, 0.29) is 11.7 Å². The number of hydrogen-bond acceptors (Lipinski definition) is 6. The Morgan fingerprint density at radius 3 is 2.91 bits per heavy atom. The third-order valence-electron chi connectivity index (χ3n) is 3.30. The highest BCUT2D eigenvalue weighted by molar-refractivity contribution is 8.00. The number of carbonyl (C=O) groups is 1. The Morgan fingerprint density at radius 2 is 2.17 bits per heavy atom. The quantitative estimate of drug-likeness (QED) is 0.573. The first-order valence-corrected chi connectivity index (χ1v) is 7.87. The van der Waals surface area contributed by atoms with E-state index in [2.05, 4.69) is 19.7 Å². The van der Waals surface area contributed by atoms with E-state index >= 15 is 0 Å². The number of pyridine rings is 1. The number of benzene rings is 1. The summed E-state index contributed by atoms with van der Waals surface area (Å²) in [5, 5.41) is 0. The molecule has 6 nitrogen and oxygen atoms in total. The fourth-order valence-corrected chi connectivity index (χ4v) is 2.90. The van der Waals surface area contributed by atoms with Gasteiger partial charge in [-0.15, -0.1) is 11.8 Å². The Kier molecular flexibility index (Phi) is 4.47. The highest BCUT2D eigenvalue weighted by atomic mass is 32.2. The predicted octanol–water partition coefficient (Wildman–Crippen LogP) is 2.90. The number of nitrogens with one attached hydrogen (secondary N) is 1. The lowest BCUT2D eigenvalue weighted by Gasteiger charge is -2.08. The van der Waals surface area contributed by atoms with Crippen LogP contribution in [0.15, 0.2) is 41.6 Å². The molecule has 1 N–H and O–H groups in total. The van der Waals surface area contributed by atoms with Crippen molar-refractivity contribution < 1.29 is 14.3 Å². The topological polar surface area (TPSA) is 77.1 Å². The average Bonchev–Trinajstić information content (AvgIpc) is 3.03. The molecule has 0 unspecified atom stereocenters. The summed E-state index contributed by atoms with van der Waals surface area (Å²) in [7, 11) is 2.99. The minimum Gasteiger partial charge on any atom is -0.496 e. The van der Waals surface area contributed by atoms with E-state index in [0.717, 1.165) is 27.3 Å². The molecule has 2 aromatic heterocycles. The summed E-state index contributed by atoms with van der Waals surface area (Å²) in [6, 6.07) is 7.58. The van der Waals surface area contributed by atoms with Crippen LogP contribution in [0.3, 0.4) is 0 Å². The lowest BCUT2D eigenvalue weighted by molar-refractivity contribution is -0.137. The molecule has 0 saturated heterocycles. The monoisotopic (exact) mass is 329 g/mol. The third-order valence-corrected chi connectivity index (χ3v) is 4.26.